The Labute approximate surface area is 84.5 Å². The van der Waals surface area contributed by atoms with Gasteiger partial charge in [0.2, 0.25) is 0 Å². The molecule has 1 unspecified atom stereocenters. The molecule has 3 nitrogen and oxygen atoms in total. The number of hydrogen-bond donors (Lipinski definition) is 0. The number of hydrogen-bond acceptors (Lipinski definition) is 2. The van der Waals surface area contributed by atoms with Crippen molar-refractivity contribution >= 4 is 40.5 Å². The topological polar surface area (TPSA) is 41.8 Å². The number of halogens is 2. The fourth-order valence-electron chi connectivity index (χ4n) is 1.20. The number of aliphatic imine (C=N–C) groups is 2. The van der Waals surface area contributed by atoms with Gasteiger partial charge < -0.3 is 0 Å². The maximum atomic E-state index is 11.3. The highest BCUT2D eigenvalue weighted by Crippen LogP contribution is 2.31. The molecule has 0 N–H and O–H groups in total. The molecule has 0 fully saturated rings. The molecule has 13 heavy (non-hydrogen) atoms. The molecule has 2 aliphatic rings. The van der Waals surface area contributed by atoms with Gasteiger partial charge >= 0.3 is 0 Å². The number of fused-ring (bicyclic) bond motifs is 1. The molecular weight excluding hydrogens is 211 g/mol. The molecule has 0 spiro atoms. The summed E-state index contributed by atoms with van der Waals surface area (Å²) in [6.07, 6.45) is 4.49. The van der Waals surface area contributed by atoms with E-state index >= 15 is 0 Å². The van der Waals surface area contributed by atoms with Gasteiger partial charge in [0.15, 0.2) is 0 Å². The Kier molecular flexibility index (Phi) is 2.06. The summed E-state index contributed by atoms with van der Waals surface area (Å²) in [5, 5.41) is 0.656. The monoisotopic (exact) mass is 214 g/mol. The maximum Gasteiger partial charge on any atom is 0.260 e. The molecule has 66 valence electrons. The van der Waals surface area contributed by atoms with Gasteiger partial charge in [0.25, 0.3) is 5.91 Å². The van der Waals surface area contributed by atoms with E-state index in [0.717, 1.165) is 0 Å². The average molecular weight is 215 g/mol. The highest BCUT2D eigenvalue weighted by molar-refractivity contribution is 6.69. The summed E-state index contributed by atoms with van der Waals surface area (Å²) in [6, 6.07) is 0. The first-order valence-corrected chi connectivity index (χ1v) is 4.33. The minimum Gasteiger partial charge on any atom is -0.271 e. The van der Waals surface area contributed by atoms with Crippen LogP contribution in [0.4, 0.5) is 0 Å². The zero-order valence-corrected chi connectivity index (χ0v) is 7.88. The Morgan fingerprint density at radius 3 is 2.92 bits per heavy atom. The summed E-state index contributed by atoms with van der Waals surface area (Å²) >= 11 is 11.5. The molecule has 0 aromatic rings. The van der Waals surface area contributed by atoms with Crippen LogP contribution in [0.3, 0.4) is 0 Å². The van der Waals surface area contributed by atoms with Gasteiger partial charge in [-0.15, -0.1) is 0 Å². The molecule has 0 aliphatic carbocycles. The number of dihydropyridines is 2. The summed E-state index contributed by atoms with van der Waals surface area (Å²) in [4.78, 5) is 18.9. The first-order valence-electron chi connectivity index (χ1n) is 3.58. The van der Waals surface area contributed by atoms with E-state index in [9.17, 15) is 4.79 Å². The van der Waals surface area contributed by atoms with Crippen molar-refractivity contribution in [3.05, 3.63) is 22.9 Å². The normalized spacial score (nSPS) is 26.2. The zero-order chi connectivity index (χ0) is 9.42. The van der Waals surface area contributed by atoms with Gasteiger partial charge in [-0.25, -0.2) is 9.98 Å². The fourth-order valence-corrected chi connectivity index (χ4v) is 1.78. The predicted octanol–water partition coefficient (Wildman–Crippen LogP) is 1.87. The minimum absolute atomic E-state index is 0.288. The number of nitrogens with zero attached hydrogens (tertiary/aromatic N) is 2. The zero-order valence-electron chi connectivity index (χ0n) is 6.37. The standard InChI is InChI=1S/C8H4Cl2N2O/c9-4-3-6(10)12-5-1-2-11-8(13)7(4)5/h1-3,7H. The number of carbonyl (C=O) groups excluding carboxylic acids is 1. The lowest BCUT2D eigenvalue weighted by molar-refractivity contribution is -0.119. The van der Waals surface area contributed by atoms with Crippen molar-refractivity contribution in [1.29, 1.82) is 0 Å². The number of allylic oxidation sites excluding steroid dienone is 2. The van der Waals surface area contributed by atoms with E-state index < -0.39 is 5.92 Å². The Morgan fingerprint density at radius 2 is 2.15 bits per heavy atom. The van der Waals surface area contributed by atoms with Gasteiger partial charge in [0.05, 0.1) is 5.70 Å². The molecule has 5 heteroatoms. The SMILES string of the molecule is O=C1N=CC=C2N=C(Cl)C=C(Cl)C12. The van der Waals surface area contributed by atoms with Crippen molar-refractivity contribution in [2.45, 2.75) is 0 Å². The number of carbonyl (C=O) groups is 1. The highest BCUT2D eigenvalue weighted by atomic mass is 35.5. The molecule has 1 atom stereocenters. The first-order chi connectivity index (χ1) is 6.18. The summed E-state index contributed by atoms with van der Waals surface area (Å²) in [6.45, 7) is 0. The molecule has 2 heterocycles. The number of rotatable bonds is 0. The van der Waals surface area contributed by atoms with Crippen LogP contribution in [-0.2, 0) is 4.79 Å². The second-order valence-electron chi connectivity index (χ2n) is 2.60. The Balaban J connectivity index is 2.50. The van der Waals surface area contributed by atoms with E-state index in [2.05, 4.69) is 9.98 Å². The van der Waals surface area contributed by atoms with Crippen molar-refractivity contribution in [1.82, 2.24) is 0 Å². The van der Waals surface area contributed by atoms with E-state index in [1.807, 2.05) is 0 Å². The van der Waals surface area contributed by atoms with Gasteiger partial charge in [-0.2, -0.15) is 0 Å². The van der Waals surface area contributed by atoms with Crippen LogP contribution >= 0.6 is 23.2 Å². The Hall–Kier alpha value is -0.930. The summed E-state index contributed by atoms with van der Waals surface area (Å²) in [5.41, 5.74) is 0.553. The molecule has 2 rings (SSSR count). The summed E-state index contributed by atoms with van der Waals surface area (Å²) < 4.78 is 0. The molecule has 1 amide bonds. The largest absolute Gasteiger partial charge is 0.271 e. The van der Waals surface area contributed by atoms with Crippen LogP contribution in [0.5, 0.6) is 0 Å². The van der Waals surface area contributed by atoms with E-state index in [1.54, 1.807) is 6.08 Å². The van der Waals surface area contributed by atoms with Gasteiger partial charge in [-0.1, -0.05) is 23.2 Å². The third-order valence-corrected chi connectivity index (χ3v) is 2.28. The average Bonchev–Trinajstić information content (AvgIpc) is 2.02. The van der Waals surface area contributed by atoms with Crippen LogP contribution in [0, 0.1) is 5.92 Å². The van der Waals surface area contributed by atoms with Crippen LogP contribution < -0.4 is 0 Å². The molecule has 2 aliphatic heterocycles. The van der Waals surface area contributed by atoms with Crippen molar-refractivity contribution < 1.29 is 4.79 Å². The summed E-state index contributed by atoms with van der Waals surface area (Å²) in [5.74, 6) is -0.846. The summed E-state index contributed by atoms with van der Waals surface area (Å²) in [7, 11) is 0. The third kappa shape index (κ3) is 1.45. The van der Waals surface area contributed by atoms with E-state index in [-0.39, 0.29) is 11.1 Å². The predicted molar refractivity (Wildman–Crippen MR) is 52.3 cm³/mol. The second kappa shape index (κ2) is 3.09. The molecule has 0 aromatic heterocycles. The van der Waals surface area contributed by atoms with Crippen molar-refractivity contribution in [3.8, 4) is 0 Å². The van der Waals surface area contributed by atoms with Crippen molar-refractivity contribution in [2.75, 3.05) is 0 Å². The smallest absolute Gasteiger partial charge is 0.260 e. The molecule has 0 saturated heterocycles. The molecule has 0 radical (unpaired) electrons. The van der Waals surface area contributed by atoms with Gasteiger partial charge in [-0.3, -0.25) is 4.79 Å². The van der Waals surface area contributed by atoms with Crippen LogP contribution in [0.2, 0.25) is 0 Å². The maximum absolute atomic E-state index is 11.3. The Bertz CT molecular complexity index is 393. The van der Waals surface area contributed by atoms with Crippen molar-refractivity contribution in [3.63, 3.8) is 0 Å². The molecule has 0 bridgehead atoms. The van der Waals surface area contributed by atoms with E-state index in [4.69, 9.17) is 23.2 Å². The fraction of sp³-hybridized carbons (Fsp3) is 0.125. The lowest BCUT2D eigenvalue weighted by Crippen LogP contribution is -2.21. The minimum atomic E-state index is -0.547. The van der Waals surface area contributed by atoms with Gasteiger partial charge in [0.1, 0.15) is 11.1 Å². The van der Waals surface area contributed by atoms with Crippen LogP contribution in [-0.4, -0.2) is 17.3 Å². The quantitative estimate of drug-likeness (QED) is 0.608. The van der Waals surface area contributed by atoms with Crippen LogP contribution in [0.15, 0.2) is 32.9 Å². The van der Waals surface area contributed by atoms with Crippen LogP contribution in [0.25, 0.3) is 0 Å². The molecular formula is C8H4Cl2N2O. The van der Waals surface area contributed by atoms with Crippen molar-refractivity contribution in [2.24, 2.45) is 15.9 Å². The Morgan fingerprint density at radius 1 is 1.38 bits per heavy atom. The highest BCUT2D eigenvalue weighted by Gasteiger charge is 2.30. The molecule has 0 aromatic carbocycles. The van der Waals surface area contributed by atoms with E-state index in [1.165, 1.54) is 12.3 Å². The third-order valence-electron chi connectivity index (χ3n) is 1.76. The number of amides is 1. The lowest BCUT2D eigenvalue weighted by Gasteiger charge is -2.18. The van der Waals surface area contributed by atoms with Gasteiger partial charge in [-0.05, 0) is 12.2 Å². The second-order valence-corrected chi connectivity index (χ2v) is 3.43. The van der Waals surface area contributed by atoms with E-state index in [0.29, 0.717) is 10.7 Å². The van der Waals surface area contributed by atoms with Gasteiger partial charge in [0, 0.05) is 11.2 Å². The van der Waals surface area contributed by atoms with Crippen LogP contribution in [0.1, 0.15) is 0 Å². The molecule has 0 saturated carbocycles. The lowest BCUT2D eigenvalue weighted by atomic mass is 10.0. The first kappa shape index (κ1) is 8.66.